The smallest absolute Gasteiger partial charge is 0.336 e. The standard InChI is InChI=1S/C53H42N4O12.CH4/c1-56(2)30-11-16-35-43(24-30)68-44-25-31(57(3)4)12-17-36(44)47(35)33-14-9-28(22-39(33)52(64)65)50(61)54-21-7-5-6-8-46(60)55-27-41-42(59)20-19-38-48(37-18-13-32(58)26-45(37)69-49(38)41)34-15-10-29(51(62)63)23-40(34)53(66)67;/h5-20,22-26H,21,27H2,1-4H3,(H5-,54,55,58,59,60,61,62,63,64,65,66,67);1H4/p+1/b7-5+,8-6+;. The summed E-state index contributed by atoms with van der Waals surface area (Å²) in [6.07, 6.45) is 5.72. The van der Waals surface area contributed by atoms with Crippen molar-refractivity contribution in [1.29, 1.82) is 0 Å². The first-order valence-corrected chi connectivity index (χ1v) is 21.3. The summed E-state index contributed by atoms with van der Waals surface area (Å²) in [5.41, 5.74) is 3.20. The fraction of sp³-hybridized carbons (Fsp3) is 0.130. The first-order valence-electron chi connectivity index (χ1n) is 21.3. The quantitative estimate of drug-likeness (QED) is 0.0281. The van der Waals surface area contributed by atoms with Gasteiger partial charge < -0.3 is 44.8 Å². The molecule has 8 rings (SSSR count). The van der Waals surface area contributed by atoms with Crippen molar-refractivity contribution in [3.8, 4) is 50.7 Å². The van der Waals surface area contributed by atoms with Crippen molar-refractivity contribution in [3.05, 3.63) is 171 Å². The predicted octanol–water partition coefficient (Wildman–Crippen LogP) is 7.78. The topological polar surface area (TPSA) is 240 Å². The number of rotatable bonds is 13. The van der Waals surface area contributed by atoms with E-state index >= 15 is 0 Å². The second-order valence-corrected chi connectivity index (χ2v) is 16.4. The van der Waals surface area contributed by atoms with Gasteiger partial charge >= 0.3 is 17.9 Å². The Kier molecular flexibility index (Phi) is 13.8. The number of phenolic OH excluding ortho intramolecular Hbond substituents is 1. The number of aromatic hydroxyl groups is 1. The van der Waals surface area contributed by atoms with Crippen LogP contribution < -0.4 is 30.9 Å². The number of phenols is 1. The van der Waals surface area contributed by atoms with Crippen molar-refractivity contribution in [1.82, 2.24) is 15.2 Å². The van der Waals surface area contributed by atoms with E-state index < -0.39 is 35.2 Å². The number of amides is 2. The lowest BCUT2D eigenvalue weighted by Gasteiger charge is -2.19. The normalized spacial score (nSPS) is 11.3. The molecule has 4 aromatic rings. The molecule has 354 valence electrons. The summed E-state index contributed by atoms with van der Waals surface area (Å²) in [5, 5.41) is 48.3. The van der Waals surface area contributed by atoms with Gasteiger partial charge in [0, 0.05) is 89.2 Å². The summed E-state index contributed by atoms with van der Waals surface area (Å²) in [7, 11) is 7.65. The zero-order chi connectivity index (χ0) is 49.3. The van der Waals surface area contributed by atoms with Gasteiger partial charge in [0.25, 0.3) is 5.91 Å². The van der Waals surface area contributed by atoms with Gasteiger partial charge in [0.2, 0.25) is 11.3 Å². The number of nitrogens with one attached hydrogen (secondary N) is 2. The Bertz CT molecular complexity index is 3580. The molecule has 2 heterocycles. The minimum atomic E-state index is -1.40. The molecule has 0 saturated heterocycles. The lowest BCUT2D eigenvalue weighted by molar-refractivity contribution is -0.116. The van der Waals surface area contributed by atoms with Gasteiger partial charge in [-0.1, -0.05) is 37.8 Å². The molecular weight excluding hydrogens is 897 g/mol. The molecular formula is C54H47N4O12+. The number of nitrogens with zero attached hydrogens (tertiary/aromatic N) is 2. The highest BCUT2D eigenvalue weighted by Crippen LogP contribution is 2.45. The van der Waals surface area contributed by atoms with Crippen LogP contribution in [0.2, 0.25) is 0 Å². The molecule has 2 aliphatic carbocycles. The second-order valence-electron chi connectivity index (χ2n) is 16.4. The summed E-state index contributed by atoms with van der Waals surface area (Å²) in [5.74, 6) is -4.70. The largest absolute Gasteiger partial charge is 0.507 e. The zero-order valence-electron chi connectivity index (χ0n) is 37.5. The van der Waals surface area contributed by atoms with Crippen LogP contribution in [0.15, 0.2) is 141 Å². The molecule has 0 spiro atoms. The number of allylic oxidation sites excluding steroid dienone is 2. The van der Waals surface area contributed by atoms with Gasteiger partial charge in [-0.05, 0) is 77.9 Å². The highest BCUT2D eigenvalue weighted by molar-refractivity contribution is 6.11. The van der Waals surface area contributed by atoms with Crippen LogP contribution in [0.25, 0.3) is 66.8 Å². The van der Waals surface area contributed by atoms with E-state index in [4.69, 9.17) is 8.83 Å². The summed E-state index contributed by atoms with van der Waals surface area (Å²) in [6, 6.07) is 26.4. The van der Waals surface area contributed by atoms with Gasteiger partial charge in [-0.2, -0.15) is 0 Å². The molecule has 16 nitrogen and oxygen atoms in total. The van der Waals surface area contributed by atoms with E-state index in [0.717, 1.165) is 17.1 Å². The number of anilines is 1. The number of aromatic carboxylic acids is 3. The fourth-order valence-corrected chi connectivity index (χ4v) is 8.08. The lowest BCUT2D eigenvalue weighted by atomic mass is 9.89. The molecule has 2 aliphatic heterocycles. The Labute approximate surface area is 399 Å². The van der Waals surface area contributed by atoms with E-state index in [1.165, 1.54) is 66.8 Å². The van der Waals surface area contributed by atoms with Gasteiger partial charge in [-0.3, -0.25) is 14.4 Å². The van der Waals surface area contributed by atoms with Crippen LogP contribution in [0.5, 0.6) is 5.75 Å². The number of carbonyl (C=O) groups excluding carboxylic acids is 2. The van der Waals surface area contributed by atoms with E-state index in [2.05, 4.69) is 10.6 Å². The average molecular weight is 944 g/mol. The molecule has 4 aliphatic rings. The monoisotopic (exact) mass is 943 g/mol. The SMILES string of the molecule is C.CN(C)c1ccc2c(-c3ccc(C(=O)NC/C=C/C=C/C(=O)NCc4c(O)ccc5c(-c6ccc(C(=O)O)cc6C(=O)O)c6ccc(=O)cc-6oc45)cc3C(=O)O)c3ccc(=[N+](C)C)cc-3oc2c1. The Morgan fingerprint density at radius 2 is 1.27 bits per heavy atom. The number of hydrogen-bond acceptors (Lipinski definition) is 10. The van der Waals surface area contributed by atoms with Crippen molar-refractivity contribution < 1.29 is 53.2 Å². The van der Waals surface area contributed by atoms with Crippen LogP contribution in [0.4, 0.5) is 5.69 Å². The van der Waals surface area contributed by atoms with Crippen LogP contribution in [-0.2, 0) is 11.3 Å². The maximum Gasteiger partial charge on any atom is 0.336 e. The van der Waals surface area contributed by atoms with Gasteiger partial charge in [0.05, 0.1) is 34.9 Å². The number of carbonyl (C=O) groups is 5. The molecule has 70 heavy (non-hydrogen) atoms. The zero-order valence-corrected chi connectivity index (χ0v) is 37.5. The molecule has 6 N–H and O–H groups in total. The minimum absolute atomic E-state index is 0. The van der Waals surface area contributed by atoms with Crippen LogP contribution in [0.3, 0.4) is 0 Å². The van der Waals surface area contributed by atoms with E-state index in [1.807, 2.05) is 74.1 Å². The average Bonchev–Trinajstić information content (AvgIpc) is 3.32. The second kappa shape index (κ2) is 19.9. The van der Waals surface area contributed by atoms with Crippen molar-refractivity contribution in [3.63, 3.8) is 0 Å². The summed E-state index contributed by atoms with van der Waals surface area (Å²) < 4.78 is 14.4. The van der Waals surface area contributed by atoms with Gasteiger partial charge in [-0.15, -0.1) is 0 Å². The Morgan fingerprint density at radius 3 is 1.93 bits per heavy atom. The Morgan fingerprint density at radius 1 is 0.657 bits per heavy atom. The van der Waals surface area contributed by atoms with Crippen molar-refractivity contribution in [2.24, 2.45) is 0 Å². The number of carboxylic acid groups (broad SMARTS) is 3. The molecule has 16 heteroatoms. The van der Waals surface area contributed by atoms with Crippen molar-refractivity contribution in [2.45, 2.75) is 14.0 Å². The molecule has 0 unspecified atom stereocenters. The molecule has 0 radical (unpaired) electrons. The van der Waals surface area contributed by atoms with E-state index in [0.29, 0.717) is 49.9 Å². The maximum absolute atomic E-state index is 13.3. The molecule has 0 saturated carbocycles. The summed E-state index contributed by atoms with van der Waals surface area (Å²) in [4.78, 5) is 77.5. The van der Waals surface area contributed by atoms with Crippen LogP contribution >= 0.6 is 0 Å². The van der Waals surface area contributed by atoms with Gasteiger partial charge in [-0.25, -0.2) is 19.0 Å². The third-order valence-electron chi connectivity index (χ3n) is 11.5. The van der Waals surface area contributed by atoms with Gasteiger partial charge in [0.1, 0.15) is 42.5 Å². The maximum atomic E-state index is 13.3. The van der Waals surface area contributed by atoms with Crippen LogP contribution in [0.1, 0.15) is 54.4 Å². The highest BCUT2D eigenvalue weighted by atomic mass is 16.4. The minimum Gasteiger partial charge on any atom is -0.507 e. The number of hydrogen-bond donors (Lipinski definition) is 6. The number of fused-ring (bicyclic) bond motifs is 4. The molecule has 2 amide bonds. The first-order chi connectivity index (χ1) is 33.0. The van der Waals surface area contributed by atoms with Gasteiger partial charge in [0.15, 0.2) is 5.43 Å². The third-order valence-corrected chi connectivity index (χ3v) is 11.5. The number of carboxylic acids is 3. The van der Waals surface area contributed by atoms with E-state index in [-0.39, 0.29) is 71.0 Å². The Balaban J connectivity index is 0.00000722. The van der Waals surface area contributed by atoms with Crippen LogP contribution in [-0.4, -0.2) is 84.9 Å². The van der Waals surface area contributed by atoms with Crippen LogP contribution in [0, 0.1) is 0 Å². The third kappa shape index (κ3) is 9.59. The molecule has 0 aromatic heterocycles. The molecule has 0 atom stereocenters. The Hall–Kier alpha value is -9.31. The highest BCUT2D eigenvalue weighted by Gasteiger charge is 2.26. The first kappa shape index (κ1) is 48.6. The van der Waals surface area contributed by atoms with Crippen molar-refractivity contribution in [2.75, 3.05) is 39.6 Å². The fourth-order valence-electron chi connectivity index (χ4n) is 8.08. The van der Waals surface area contributed by atoms with Crippen molar-refractivity contribution >= 4 is 57.3 Å². The number of benzene rings is 6. The predicted molar refractivity (Wildman–Crippen MR) is 266 cm³/mol. The lowest BCUT2D eigenvalue weighted by Crippen LogP contribution is -2.23. The van der Waals surface area contributed by atoms with E-state index in [1.54, 1.807) is 18.2 Å². The molecule has 4 aromatic carbocycles. The molecule has 0 fully saturated rings. The van der Waals surface area contributed by atoms with E-state index in [9.17, 15) is 49.2 Å². The summed E-state index contributed by atoms with van der Waals surface area (Å²) >= 11 is 0. The molecule has 0 bridgehead atoms. The summed E-state index contributed by atoms with van der Waals surface area (Å²) in [6.45, 7) is -0.235.